The highest BCUT2D eigenvalue weighted by atomic mass is 32.2. The van der Waals surface area contributed by atoms with E-state index in [9.17, 15) is 16.8 Å². The van der Waals surface area contributed by atoms with Crippen LogP contribution in [0.3, 0.4) is 0 Å². The van der Waals surface area contributed by atoms with Gasteiger partial charge in [0.15, 0.2) is 0 Å². The fourth-order valence-corrected chi connectivity index (χ4v) is 4.33. The predicted molar refractivity (Wildman–Crippen MR) is 90.7 cm³/mol. The van der Waals surface area contributed by atoms with Gasteiger partial charge in [0.05, 0.1) is 6.26 Å². The number of hydrogen-bond donors (Lipinski definition) is 2. The Kier molecular flexibility index (Phi) is 6.01. The quantitative estimate of drug-likeness (QED) is 0.797. The van der Waals surface area contributed by atoms with Crippen molar-refractivity contribution in [2.75, 3.05) is 24.1 Å². The normalized spacial score (nSPS) is 17.6. The number of benzene rings is 1. The number of nitrogens with zero attached hydrogens (tertiary/aromatic N) is 1. The Balaban J connectivity index is 2.00. The number of sulfonamides is 1. The van der Waals surface area contributed by atoms with E-state index in [2.05, 4.69) is 9.44 Å². The van der Waals surface area contributed by atoms with Crippen molar-refractivity contribution < 1.29 is 16.8 Å². The van der Waals surface area contributed by atoms with E-state index in [1.54, 1.807) is 24.3 Å². The summed E-state index contributed by atoms with van der Waals surface area (Å²) in [7, 11) is -6.86. The zero-order valence-electron chi connectivity index (χ0n) is 13.2. The molecule has 23 heavy (non-hydrogen) atoms. The minimum absolute atomic E-state index is 0.123. The average Bonchev–Trinajstić information content (AvgIpc) is 2.73. The topological polar surface area (TPSA) is 95.6 Å². The van der Waals surface area contributed by atoms with Crippen LogP contribution < -0.4 is 9.44 Å². The number of anilines is 1. The molecule has 1 aliphatic heterocycles. The van der Waals surface area contributed by atoms with Gasteiger partial charge in [0.2, 0.25) is 10.0 Å². The van der Waals surface area contributed by atoms with Crippen LogP contribution >= 0.6 is 0 Å². The van der Waals surface area contributed by atoms with Crippen LogP contribution in [0.15, 0.2) is 24.3 Å². The van der Waals surface area contributed by atoms with Gasteiger partial charge in [-0.15, -0.1) is 0 Å². The molecule has 1 aromatic carbocycles. The van der Waals surface area contributed by atoms with Crippen LogP contribution in [0.4, 0.5) is 5.69 Å². The Morgan fingerprint density at radius 2 is 1.70 bits per heavy atom. The van der Waals surface area contributed by atoms with E-state index in [1.807, 2.05) is 0 Å². The summed E-state index contributed by atoms with van der Waals surface area (Å²) in [6, 6.07) is 6.67. The second kappa shape index (κ2) is 7.61. The third-order valence-electron chi connectivity index (χ3n) is 3.59. The van der Waals surface area contributed by atoms with Crippen molar-refractivity contribution in [2.45, 2.75) is 32.2 Å². The van der Waals surface area contributed by atoms with E-state index in [-0.39, 0.29) is 6.54 Å². The van der Waals surface area contributed by atoms with E-state index < -0.39 is 20.2 Å². The molecule has 1 heterocycles. The molecule has 0 bridgehead atoms. The lowest BCUT2D eigenvalue weighted by molar-refractivity contribution is 0.414. The van der Waals surface area contributed by atoms with Crippen LogP contribution in [0.25, 0.3) is 0 Å². The predicted octanol–water partition coefficient (Wildman–Crippen LogP) is 1.27. The number of hydrogen-bond acceptors (Lipinski definition) is 4. The van der Waals surface area contributed by atoms with Crippen molar-refractivity contribution in [3.05, 3.63) is 29.8 Å². The summed E-state index contributed by atoms with van der Waals surface area (Å²) in [5.41, 5.74) is 1.11. The monoisotopic (exact) mass is 361 g/mol. The van der Waals surface area contributed by atoms with Gasteiger partial charge in [-0.05, 0) is 30.5 Å². The van der Waals surface area contributed by atoms with Crippen molar-refractivity contribution >= 4 is 25.9 Å². The van der Waals surface area contributed by atoms with Gasteiger partial charge in [-0.3, -0.25) is 4.72 Å². The molecule has 0 saturated carbocycles. The van der Waals surface area contributed by atoms with Gasteiger partial charge in [0, 0.05) is 25.3 Å². The van der Waals surface area contributed by atoms with E-state index >= 15 is 0 Å². The molecule has 1 fully saturated rings. The molecule has 0 radical (unpaired) electrons. The van der Waals surface area contributed by atoms with Gasteiger partial charge in [-0.2, -0.15) is 17.4 Å². The van der Waals surface area contributed by atoms with Gasteiger partial charge in [-0.1, -0.05) is 25.0 Å². The maximum atomic E-state index is 12.3. The summed E-state index contributed by atoms with van der Waals surface area (Å²) < 4.78 is 53.6. The van der Waals surface area contributed by atoms with Crippen LogP contribution in [0.1, 0.15) is 31.2 Å². The molecule has 1 aliphatic rings. The molecule has 9 heteroatoms. The molecule has 1 aromatic rings. The molecular formula is C14H23N3O4S2. The number of rotatable bonds is 6. The first-order valence-corrected chi connectivity index (χ1v) is 10.9. The van der Waals surface area contributed by atoms with Crippen molar-refractivity contribution in [1.29, 1.82) is 0 Å². The zero-order chi connectivity index (χ0) is 16.9. The lowest BCUT2D eigenvalue weighted by Gasteiger charge is -2.20. The van der Waals surface area contributed by atoms with Crippen molar-refractivity contribution in [3.63, 3.8) is 0 Å². The summed E-state index contributed by atoms with van der Waals surface area (Å²) in [4.78, 5) is 0. The molecule has 0 aromatic heterocycles. The fraction of sp³-hybridized carbons (Fsp3) is 0.571. The average molecular weight is 361 g/mol. The first kappa shape index (κ1) is 18.2. The summed E-state index contributed by atoms with van der Waals surface area (Å²) in [5, 5.41) is 0. The standard InChI is InChI=1S/C14H23N3O4S2/c1-22(18,19)16-14-8-6-7-13(11-14)12-15-23(20,21)17-9-4-2-3-5-10-17/h6-8,11,15-16H,2-5,9-10,12H2,1H3. The maximum Gasteiger partial charge on any atom is 0.279 e. The summed E-state index contributed by atoms with van der Waals surface area (Å²) in [5.74, 6) is 0. The molecule has 0 unspecified atom stereocenters. The molecule has 2 rings (SSSR count). The molecule has 0 aliphatic carbocycles. The molecule has 2 N–H and O–H groups in total. The third kappa shape index (κ3) is 6.09. The van der Waals surface area contributed by atoms with Gasteiger partial charge in [-0.25, -0.2) is 8.42 Å². The van der Waals surface area contributed by atoms with E-state index in [0.717, 1.165) is 31.9 Å². The first-order valence-electron chi connectivity index (χ1n) is 7.58. The molecule has 1 saturated heterocycles. The lowest BCUT2D eigenvalue weighted by atomic mass is 10.2. The van der Waals surface area contributed by atoms with Gasteiger partial charge in [0.1, 0.15) is 0 Å². The Morgan fingerprint density at radius 3 is 2.30 bits per heavy atom. The summed E-state index contributed by atoms with van der Waals surface area (Å²) >= 11 is 0. The second-order valence-electron chi connectivity index (χ2n) is 5.71. The molecule has 0 spiro atoms. The summed E-state index contributed by atoms with van der Waals surface area (Å²) in [6.45, 7) is 1.22. The largest absolute Gasteiger partial charge is 0.284 e. The molecular weight excluding hydrogens is 338 g/mol. The first-order chi connectivity index (χ1) is 10.8. The minimum Gasteiger partial charge on any atom is -0.284 e. The highest BCUT2D eigenvalue weighted by Crippen LogP contribution is 2.14. The van der Waals surface area contributed by atoms with Crippen LogP contribution in [0.2, 0.25) is 0 Å². The van der Waals surface area contributed by atoms with E-state index in [0.29, 0.717) is 24.3 Å². The Labute approximate surface area is 138 Å². The van der Waals surface area contributed by atoms with Crippen LogP contribution in [-0.4, -0.2) is 40.5 Å². The zero-order valence-corrected chi connectivity index (χ0v) is 14.8. The molecule has 7 nitrogen and oxygen atoms in total. The van der Waals surface area contributed by atoms with E-state index in [1.165, 1.54) is 4.31 Å². The highest BCUT2D eigenvalue weighted by Gasteiger charge is 2.22. The van der Waals surface area contributed by atoms with Crippen molar-refractivity contribution in [2.24, 2.45) is 0 Å². The minimum atomic E-state index is -3.51. The van der Waals surface area contributed by atoms with Crippen LogP contribution in [-0.2, 0) is 26.8 Å². The van der Waals surface area contributed by atoms with Crippen molar-refractivity contribution in [1.82, 2.24) is 9.03 Å². The van der Waals surface area contributed by atoms with Gasteiger partial charge in [0.25, 0.3) is 10.2 Å². The van der Waals surface area contributed by atoms with Crippen LogP contribution in [0.5, 0.6) is 0 Å². The van der Waals surface area contributed by atoms with Crippen molar-refractivity contribution in [3.8, 4) is 0 Å². The SMILES string of the molecule is CS(=O)(=O)Nc1cccc(CNS(=O)(=O)N2CCCCCC2)c1. The fourth-order valence-electron chi connectivity index (χ4n) is 2.51. The Bertz CT molecular complexity index is 724. The Morgan fingerprint density at radius 1 is 1.04 bits per heavy atom. The smallest absolute Gasteiger partial charge is 0.279 e. The second-order valence-corrected chi connectivity index (χ2v) is 9.22. The molecule has 0 atom stereocenters. The molecule has 130 valence electrons. The Hall–Kier alpha value is -1.16. The lowest BCUT2D eigenvalue weighted by Crippen LogP contribution is -2.40. The van der Waals surface area contributed by atoms with Gasteiger partial charge >= 0.3 is 0 Å². The maximum absolute atomic E-state index is 12.3. The van der Waals surface area contributed by atoms with Crippen LogP contribution in [0, 0.1) is 0 Å². The summed E-state index contributed by atoms with van der Waals surface area (Å²) in [6.07, 6.45) is 4.96. The highest BCUT2D eigenvalue weighted by molar-refractivity contribution is 7.92. The molecule has 0 amide bonds. The number of nitrogens with one attached hydrogen (secondary N) is 2. The van der Waals surface area contributed by atoms with Gasteiger partial charge < -0.3 is 0 Å². The third-order valence-corrected chi connectivity index (χ3v) is 5.75. The van der Waals surface area contributed by atoms with E-state index in [4.69, 9.17) is 0 Å².